The summed E-state index contributed by atoms with van der Waals surface area (Å²) in [6, 6.07) is 12.9. The van der Waals surface area contributed by atoms with Crippen molar-refractivity contribution < 1.29 is 22.3 Å². The molecule has 7 nitrogen and oxygen atoms in total. The van der Waals surface area contributed by atoms with Crippen LogP contribution in [-0.4, -0.2) is 63.4 Å². The van der Waals surface area contributed by atoms with E-state index in [1.165, 1.54) is 16.4 Å². The number of carbonyl (C=O) groups is 1. The van der Waals surface area contributed by atoms with Crippen LogP contribution in [0.15, 0.2) is 53.4 Å². The molecule has 0 unspecified atom stereocenters. The number of piperidine rings is 1. The number of likely N-dealkylation sites (tertiary alicyclic amines) is 1. The number of ether oxygens (including phenoxy) is 1. The van der Waals surface area contributed by atoms with Gasteiger partial charge in [-0.15, -0.1) is 0 Å². The Labute approximate surface area is 200 Å². The van der Waals surface area contributed by atoms with Gasteiger partial charge in [0.1, 0.15) is 11.6 Å². The van der Waals surface area contributed by atoms with Crippen LogP contribution in [0.25, 0.3) is 0 Å². The summed E-state index contributed by atoms with van der Waals surface area (Å²) in [6.45, 7) is 3.03. The average molecular weight is 490 g/mol. The third-order valence-corrected chi connectivity index (χ3v) is 8.72. The van der Waals surface area contributed by atoms with Gasteiger partial charge in [-0.2, -0.15) is 4.31 Å². The Morgan fingerprint density at radius 1 is 1.09 bits per heavy atom. The van der Waals surface area contributed by atoms with Crippen molar-refractivity contribution in [3.8, 4) is 5.75 Å². The van der Waals surface area contributed by atoms with Crippen molar-refractivity contribution in [3.05, 3.63) is 59.9 Å². The van der Waals surface area contributed by atoms with Crippen LogP contribution in [0.5, 0.6) is 5.75 Å². The molecular formula is C25H32FN3O4S. The summed E-state index contributed by atoms with van der Waals surface area (Å²) < 4.78 is 45.6. The number of nitrogens with zero attached hydrogens (tertiary/aromatic N) is 2. The number of halogens is 1. The van der Waals surface area contributed by atoms with E-state index in [1.54, 1.807) is 7.11 Å². The molecule has 2 aliphatic rings. The Bertz CT molecular complexity index is 1080. The number of carbonyl (C=O) groups excluding carboxylic acids is 1. The van der Waals surface area contributed by atoms with E-state index >= 15 is 0 Å². The lowest BCUT2D eigenvalue weighted by atomic mass is 9.97. The van der Waals surface area contributed by atoms with Gasteiger partial charge in [-0.05, 0) is 80.7 Å². The Morgan fingerprint density at radius 3 is 2.41 bits per heavy atom. The Kier molecular flexibility index (Phi) is 7.85. The number of methoxy groups -OCH3 is 1. The van der Waals surface area contributed by atoms with Gasteiger partial charge in [-0.1, -0.05) is 12.1 Å². The summed E-state index contributed by atoms with van der Waals surface area (Å²) in [5, 5.41) is 3.13. The molecule has 2 saturated heterocycles. The zero-order valence-electron chi connectivity index (χ0n) is 19.5. The molecule has 9 heteroatoms. The molecule has 1 atom stereocenters. The van der Waals surface area contributed by atoms with E-state index in [9.17, 15) is 17.6 Å². The van der Waals surface area contributed by atoms with E-state index in [1.807, 2.05) is 18.2 Å². The summed E-state index contributed by atoms with van der Waals surface area (Å²) in [5.74, 6) is 0.0494. The SMILES string of the molecule is COc1cccc([C@@H](CNC(=O)C2CCN(S(=O)(=O)c3ccc(F)cc3)CC2)N2CCCC2)c1. The number of amides is 1. The lowest BCUT2D eigenvalue weighted by Gasteiger charge is -2.32. The topological polar surface area (TPSA) is 79.0 Å². The maximum Gasteiger partial charge on any atom is 0.243 e. The smallest absolute Gasteiger partial charge is 0.243 e. The van der Waals surface area contributed by atoms with Gasteiger partial charge in [-0.3, -0.25) is 9.69 Å². The van der Waals surface area contributed by atoms with Gasteiger partial charge in [0, 0.05) is 25.6 Å². The summed E-state index contributed by atoms with van der Waals surface area (Å²) >= 11 is 0. The number of benzene rings is 2. The van der Waals surface area contributed by atoms with E-state index in [2.05, 4.69) is 16.3 Å². The van der Waals surface area contributed by atoms with E-state index in [0.717, 1.165) is 49.4 Å². The normalized spacial score (nSPS) is 19.1. The highest BCUT2D eigenvalue weighted by molar-refractivity contribution is 7.89. The highest BCUT2D eigenvalue weighted by Gasteiger charge is 2.33. The molecular weight excluding hydrogens is 457 g/mol. The molecule has 1 amide bonds. The van der Waals surface area contributed by atoms with Crippen LogP contribution in [0, 0.1) is 11.7 Å². The summed E-state index contributed by atoms with van der Waals surface area (Å²) in [5.41, 5.74) is 1.11. The number of sulfonamides is 1. The second kappa shape index (κ2) is 10.8. The first kappa shape index (κ1) is 24.6. The van der Waals surface area contributed by atoms with E-state index < -0.39 is 15.8 Å². The van der Waals surface area contributed by atoms with E-state index in [-0.39, 0.29) is 35.9 Å². The molecule has 0 aromatic heterocycles. The predicted molar refractivity (Wildman–Crippen MR) is 127 cm³/mol. The first-order valence-electron chi connectivity index (χ1n) is 11.8. The first-order chi connectivity index (χ1) is 16.4. The number of nitrogens with one attached hydrogen (secondary N) is 1. The van der Waals surface area contributed by atoms with Crippen LogP contribution in [0.2, 0.25) is 0 Å². The van der Waals surface area contributed by atoms with Gasteiger partial charge < -0.3 is 10.1 Å². The molecule has 2 aromatic carbocycles. The van der Waals surface area contributed by atoms with Gasteiger partial charge in [-0.25, -0.2) is 12.8 Å². The highest BCUT2D eigenvalue weighted by atomic mass is 32.2. The molecule has 0 saturated carbocycles. The molecule has 2 aliphatic heterocycles. The van der Waals surface area contributed by atoms with Crippen molar-refractivity contribution in [2.24, 2.45) is 5.92 Å². The van der Waals surface area contributed by atoms with Crippen molar-refractivity contribution in [2.45, 2.75) is 36.6 Å². The second-order valence-corrected chi connectivity index (χ2v) is 10.9. The minimum Gasteiger partial charge on any atom is -0.497 e. The fourth-order valence-corrected chi connectivity index (χ4v) is 6.29. The molecule has 2 fully saturated rings. The van der Waals surface area contributed by atoms with Gasteiger partial charge >= 0.3 is 0 Å². The summed E-state index contributed by atoms with van der Waals surface area (Å²) in [4.78, 5) is 15.4. The van der Waals surface area contributed by atoms with Gasteiger partial charge in [0.05, 0.1) is 18.0 Å². The molecule has 0 aliphatic carbocycles. The second-order valence-electron chi connectivity index (χ2n) is 8.91. The monoisotopic (exact) mass is 489 g/mol. The lowest BCUT2D eigenvalue weighted by Crippen LogP contribution is -2.44. The van der Waals surface area contributed by atoms with Crippen LogP contribution in [0.3, 0.4) is 0 Å². The maximum atomic E-state index is 13.2. The van der Waals surface area contributed by atoms with Crippen LogP contribution in [-0.2, 0) is 14.8 Å². The minimum absolute atomic E-state index is 0.0362. The molecule has 0 radical (unpaired) electrons. The van der Waals surface area contributed by atoms with Gasteiger partial charge in [0.2, 0.25) is 15.9 Å². The molecule has 1 N–H and O–H groups in total. The zero-order chi connectivity index (χ0) is 24.1. The van der Waals surface area contributed by atoms with Crippen LogP contribution < -0.4 is 10.1 Å². The molecule has 0 bridgehead atoms. The fourth-order valence-electron chi connectivity index (χ4n) is 4.82. The van der Waals surface area contributed by atoms with E-state index in [4.69, 9.17) is 4.74 Å². The quantitative estimate of drug-likeness (QED) is 0.616. The van der Waals surface area contributed by atoms with Gasteiger partial charge in [0.25, 0.3) is 0 Å². The van der Waals surface area contributed by atoms with Crippen molar-refractivity contribution in [1.82, 2.24) is 14.5 Å². The largest absolute Gasteiger partial charge is 0.497 e. The molecule has 184 valence electrons. The number of hydrogen-bond acceptors (Lipinski definition) is 5. The Balaban J connectivity index is 1.35. The molecule has 34 heavy (non-hydrogen) atoms. The molecule has 2 aromatic rings. The molecule has 4 rings (SSSR count). The lowest BCUT2D eigenvalue weighted by molar-refractivity contribution is -0.126. The van der Waals surface area contributed by atoms with Crippen LogP contribution in [0.4, 0.5) is 4.39 Å². The summed E-state index contributed by atoms with van der Waals surface area (Å²) in [7, 11) is -2.04. The van der Waals surface area contributed by atoms with Crippen molar-refractivity contribution >= 4 is 15.9 Å². The van der Waals surface area contributed by atoms with Crippen LogP contribution >= 0.6 is 0 Å². The predicted octanol–water partition coefficient (Wildman–Crippen LogP) is 3.19. The number of rotatable bonds is 8. The van der Waals surface area contributed by atoms with Crippen molar-refractivity contribution in [1.29, 1.82) is 0 Å². The van der Waals surface area contributed by atoms with Crippen LogP contribution in [0.1, 0.15) is 37.3 Å². The average Bonchev–Trinajstić information content (AvgIpc) is 3.39. The zero-order valence-corrected chi connectivity index (χ0v) is 20.3. The third-order valence-electron chi connectivity index (χ3n) is 6.81. The third kappa shape index (κ3) is 5.59. The van der Waals surface area contributed by atoms with Crippen molar-refractivity contribution in [2.75, 3.05) is 39.8 Å². The standard InChI is InChI=1S/C25H32FN3O4S/c1-33-22-6-4-5-20(17-22)24(28-13-2-3-14-28)18-27-25(30)19-11-15-29(16-12-19)34(31,32)23-9-7-21(26)8-10-23/h4-10,17,19,24H,2-3,11-16,18H2,1H3,(H,27,30)/t24-/m1/s1. The number of hydrogen-bond donors (Lipinski definition) is 1. The van der Waals surface area contributed by atoms with Crippen molar-refractivity contribution in [3.63, 3.8) is 0 Å². The fraction of sp³-hybridized carbons (Fsp3) is 0.480. The maximum absolute atomic E-state index is 13.2. The van der Waals surface area contributed by atoms with Gasteiger partial charge in [0.15, 0.2) is 0 Å². The highest BCUT2D eigenvalue weighted by Crippen LogP contribution is 2.28. The Morgan fingerprint density at radius 2 is 1.76 bits per heavy atom. The molecule has 2 heterocycles. The summed E-state index contributed by atoms with van der Waals surface area (Å²) in [6.07, 6.45) is 3.21. The first-order valence-corrected chi connectivity index (χ1v) is 13.2. The Hall–Kier alpha value is -2.49. The molecule has 0 spiro atoms. The minimum atomic E-state index is -3.69. The van der Waals surface area contributed by atoms with E-state index in [0.29, 0.717) is 19.4 Å².